The van der Waals surface area contributed by atoms with Crippen LogP contribution >= 0.6 is 23.2 Å². The predicted molar refractivity (Wildman–Crippen MR) is 73.2 cm³/mol. The molecule has 2 saturated heterocycles. The molecule has 2 aliphatic heterocycles. The van der Waals surface area contributed by atoms with Gasteiger partial charge < -0.3 is 5.32 Å². The van der Waals surface area contributed by atoms with Crippen LogP contribution in [-0.4, -0.2) is 17.8 Å². The second-order valence-electron chi connectivity index (χ2n) is 5.57. The standard InChI is InChI=1S/C14H16Cl2FN/c15-12-2-1-3-13(16)11(12)8-14(17)6-9-4-5-10(7-14)18-9/h1-3,9-10,18H,4-8H2. The van der Waals surface area contributed by atoms with Gasteiger partial charge in [0.15, 0.2) is 0 Å². The number of benzene rings is 1. The quantitative estimate of drug-likeness (QED) is 0.861. The third-order valence-corrected chi connectivity index (χ3v) is 4.82. The van der Waals surface area contributed by atoms with Crippen molar-refractivity contribution in [2.24, 2.45) is 0 Å². The monoisotopic (exact) mass is 287 g/mol. The van der Waals surface area contributed by atoms with Crippen LogP contribution in [0.5, 0.6) is 0 Å². The van der Waals surface area contributed by atoms with Crippen LogP contribution in [0.3, 0.4) is 0 Å². The van der Waals surface area contributed by atoms with Gasteiger partial charge in [0.2, 0.25) is 0 Å². The first-order valence-corrected chi connectivity index (χ1v) is 7.19. The Morgan fingerprint density at radius 2 is 1.72 bits per heavy atom. The largest absolute Gasteiger partial charge is 0.311 e. The summed E-state index contributed by atoms with van der Waals surface area (Å²) in [6.07, 6.45) is 3.66. The SMILES string of the molecule is FC1(Cc2c(Cl)cccc2Cl)CC2CCC(C1)N2. The molecule has 1 aromatic rings. The Balaban J connectivity index is 1.83. The fourth-order valence-corrected chi connectivity index (χ4v) is 3.88. The zero-order valence-corrected chi connectivity index (χ0v) is 11.6. The van der Waals surface area contributed by atoms with Gasteiger partial charge in [0.05, 0.1) is 0 Å². The van der Waals surface area contributed by atoms with E-state index in [2.05, 4.69) is 5.32 Å². The molecule has 2 heterocycles. The minimum atomic E-state index is -1.16. The Bertz CT molecular complexity index is 431. The second kappa shape index (κ2) is 4.66. The normalized spacial score (nSPS) is 34.8. The average molecular weight is 288 g/mol. The molecule has 1 aromatic carbocycles. The van der Waals surface area contributed by atoms with E-state index in [0.717, 1.165) is 18.4 Å². The minimum Gasteiger partial charge on any atom is -0.311 e. The molecule has 0 saturated carbocycles. The molecule has 2 fully saturated rings. The van der Waals surface area contributed by atoms with Crippen LogP contribution in [0, 0.1) is 0 Å². The number of hydrogen-bond donors (Lipinski definition) is 1. The summed E-state index contributed by atoms with van der Waals surface area (Å²) in [5, 5.41) is 4.60. The van der Waals surface area contributed by atoms with Crippen molar-refractivity contribution in [1.29, 1.82) is 0 Å². The van der Waals surface area contributed by atoms with Crippen molar-refractivity contribution < 1.29 is 4.39 Å². The smallest absolute Gasteiger partial charge is 0.118 e. The fourth-order valence-electron chi connectivity index (χ4n) is 3.35. The molecule has 0 radical (unpaired) electrons. The van der Waals surface area contributed by atoms with Gasteiger partial charge in [0.25, 0.3) is 0 Å². The molecule has 0 aliphatic carbocycles. The Morgan fingerprint density at radius 1 is 1.17 bits per heavy atom. The molecule has 2 bridgehead atoms. The Hall–Kier alpha value is -0.310. The number of fused-ring (bicyclic) bond motifs is 2. The van der Waals surface area contributed by atoms with Crippen LogP contribution in [0.1, 0.15) is 31.2 Å². The molecule has 3 rings (SSSR count). The lowest BCUT2D eigenvalue weighted by Crippen LogP contribution is -2.47. The summed E-state index contributed by atoms with van der Waals surface area (Å²) in [6, 6.07) is 6.01. The summed E-state index contributed by atoms with van der Waals surface area (Å²) < 4.78 is 15.0. The van der Waals surface area contributed by atoms with Gasteiger partial charge in [0, 0.05) is 28.5 Å². The highest BCUT2D eigenvalue weighted by atomic mass is 35.5. The molecule has 18 heavy (non-hydrogen) atoms. The van der Waals surface area contributed by atoms with Crippen LogP contribution < -0.4 is 5.32 Å². The lowest BCUT2D eigenvalue weighted by molar-refractivity contribution is 0.0894. The van der Waals surface area contributed by atoms with Gasteiger partial charge in [-0.1, -0.05) is 29.3 Å². The molecular formula is C14H16Cl2FN. The Morgan fingerprint density at radius 3 is 2.28 bits per heavy atom. The molecule has 1 N–H and O–H groups in total. The van der Waals surface area contributed by atoms with Gasteiger partial charge in [0.1, 0.15) is 5.67 Å². The number of alkyl halides is 1. The van der Waals surface area contributed by atoms with Crippen LogP contribution in [0.4, 0.5) is 4.39 Å². The third kappa shape index (κ3) is 2.38. The van der Waals surface area contributed by atoms with Crippen molar-refractivity contribution in [3.63, 3.8) is 0 Å². The van der Waals surface area contributed by atoms with Gasteiger partial charge in [-0.3, -0.25) is 0 Å². The van der Waals surface area contributed by atoms with E-state index in [0.29, 0.717) is 41.4 Å². The number of rotatable bonds is 2. The van der Waals surface area contributed by atoms with Gasteiger partial charge >= 0.3 is 0 Å². The van der Waals surface area contributed by atoms with Crippen LogP contribution in [0.15, 0.2) is 18.2 Å². The highest BCUT2D eigenvalue weighted by Crippen LogP contribution is 2.41. The van der Waals surface area contributed by atoms with Gasteiger partial charge in [-0.05, 0) is 43.4 Å². The molecule has 1 nitrogen and oxygen atoms in total. The number of hydrogen-bond acceptors (Lipinski definition) is 1. The molecule has 0 amide bonds. The van der Waals surface area contributed by atoms with E-state index in [1.165, 1.54) is 0 Å². The van der Waals surface area contributed by atoms with Gasteiger partial charge in [-0.2, -0.15) is 0 Å². The molecule has 98 valence electrons. The van der Waals surface area contributed by atoms with E-state index >= 15 is 4.39 Å². The zero-order valence-electron chi connectivity index (χ0n) is 10.1. The summed E-state index contributed by atoms with van der Waals surface area (Å²) in [4.78, 5) is 0. The Kier molecular flexibility index (Phi) is 3.29. The lowest BCUT2D eigenvalue weighted by atomic mass is 9.84. The van der Waals surface area contributed by atoms with E-state index in [4.69, 9.17) is 23.2 Å². The molecule has 4 heteroatoms. The van der Waals surface area contributed by atoms with Crippen molar-refractivity contribution in [2.45, 2.75) is 49.9 Å². The predicted octanol–water partition coefficient (Wildman–Crippen LogP) is 4.16. The van der Waals surface area contributed by atoms with Gasteiger partial charge in [-0.15, -0.1) is 0 Å². The van der Waals surface area contributed by atoms with Crippen molar-refractivity contribution in [1.82, 2.24) is 5.32 Å². The van der Waals surface area contributed by atoms with Crippen LogP contribution in [-0.2, 0) is 6.42 Å². The molecule has 2 aliphatic rings. The number of halogens is 3. The maximum Gasteiger partial charge on any atom is 0.118 e. The highest BCUT2D eigenvalue weighted by Gasteiger charge is 2.44. The van der Waals surface area contributed by atoms with Crippen LogP contribution in [0.25, 0.3) is 0 Å². The fraction of sp³-hybridized carbons (Fsp3) is 0.571. The topological polar surface area (TPSA) is 12.0 Å². The minimum absolute atomic E-state index is 0.329. The summed E-state index contributed by atoms with van der Waals surface area (Å²) in [5.41, 5.74) is -0.407. The first-order chi connectivity index (χ1) is 8.56. The van der Waals surface area contributed by atoms with Crippen molar-refractivity contribution in [2.75, 3.05) is 0 Å². The maximum atomic E-state index is 15.0. The number of nitrogens with one attached hydrogen (secondary N) is 1. The first-order valence-electron chi connectivity index (χ1n) is 6.44. The van der Waals surface area contributed by atoms with Gasteiger partial charge in [-0.25, -0.2) is 4.39 Å². The van der Waals surface area contributed by atoms with E-state index < -0.39 is 5.67 Å². The first kappa shape index (κ1) is 12.7. The summed E-state index contributed by atoms with van der Waals surface area (Å²) in [5.74, 6) is 0. The molecular weight excluding hydrogens is 272 g/mol. The summed E-state index contributed by atoms with van der Waals surface area (Å²) in [6.45, 7) is 0. The van der Waals surface area contributed by atoms with E-state index in [-0.39, 0.29) is 0 Å². The third-order valence-electron chi connectivity index (χ3n) is 4.11. The molecule has 0 spiro atoms. The number of piperidine rings is 1. The Labute approximate surface area is 117 Å². The van der Waals surface area contributed by atoms with E-state index in [1.807, 2.05) is 0 Å². The zero-order chi connectivity index (χ0) is 12.8. The van der Waals surface area contributed by atoms with Crippen molar-refractivity contribution in [3.05, 3.63) is 33.8 Å². The highest BCUT2D eigenvalue weighted by molar-refractivity contribution is 6.36. The van der Waals surface area contributed by atoms with Crippen LogP contribution in [0.2, 0.25) is 10.0 Å². The van der Waals surface area contributed by atoms with Crippen molar-refractivity contribution >= 4 is 23.2 Å². The molecule has 2 unspecified atom stereocenters. The van der Waals surface area contributed by atoms with E-state index in [9.17, 15) is 0 Å². The second-order valence-corrected chi connectivity index (χ2v) is 6.39. The summed E-state index contributed by atoms with van der Waals surface area (Å²) >= 11 is 12.3. The lowest BCUT2D eigenvalue weighted by Gasteiger charge is -2.35. The molecule has 2 atom stereocenters. The maximum absolute atomic E-state index is 15.0. The average Bonchev–Trinajstić information content (AvgIpc) is 2.64. The van der Waals surface area contributed by atoms with Crippen molar-refractivity contribution in [3.8, 4) is 0 Å². The van der Waals surface area contributed by atoms with E-state index in [1.54, 1.807) is 18.2 Å². The molecule has 0 aromatic heterocycles. The summed E-state index contributed by atoms with van der Waals surface area (Å²) in [7, 11) is 0.